The first-order chi connectivity index (χ1) is 16.7. The molecule has 1 saturated heterocycles. The van der Waals surface area contributed by atoms with Gasteiger partial charge in [0.1, 0.15) is 0 Å². The number of pyridine rings is 1. The third-order valence-corrected chi connectivity index (χ3v) is 6.37. The predicted octanol–water partition coefficient (Wildman–Crippen LogP) is 4.19. The highest BCUT2D eigenvalue weighted by Crippen LogP contribution is 2.31. The molecule has 5 rings (SSSR count). The molecule has 34 heavy (non-hydrogen) atoms. The van der Waals surface area contributed by atoms with Crippen LogP contribution < -0.4 is 10.2 Å². The van der Waals surface area contributed by atoms with Crippen LogP contribution in [-0.2, 0) is 9.59 Å². The lowest BCUT2D eigenvalue weighted by Crippen LogP contribution is -2.26. The van der Waals surface area contributed by atoms with Crippen molar-refractivity contribution in [3.05, 3.63) is 79.1 Å². The third kappa shape index (κ3) is 4.55. The Kier molecular flexibility index (Phi) is 6.35. The number of amides is 2. The molecule has 1 fully saturated rings. The molecule has 170 valence electrons. The second-order valence-electron chi connectivity index (χ2n) is 7.72. The summed E-state index contributed by atoms with van der Waals surface area (Å²) in [5.41, 5.74) is 3.09. The molecule has 0 bridgehead atoms. The molecule has 1 N–H and O–H groups in total. The zero-order valence-electron chi connectivity index (χ0n) is 18.3. The second kappa shape index (κ2) is 9.88. The molecule has 8 nitrogen and oxygen atoms in total. The maximum Gasteiger partial charge on any atom is 0.234 e. The van der Waals surface area contributed by atoms with Gasteiger partial charge in [0.2, 0.25) is 11.8 Å². The van der Waals surface area contributed by atoms with Crippen LogP contribution in [0, 0.1) is 0 Å². The summed E-state index contributed by atoms with van der Waals surface area (Å²) >= 11 is 1.30. The topological polar surface area (TPSA) is 93.0 Å². The fourth-order valence-corrected chi connectivity index (χ4v) is 4.64. The number of nitrogens with zero attached hydrogens (tertiary/aromatic N) is 5. The molecule has 0 saturated carbocycles. The normalized spacial score (nSPS) is 13.3. The van der Waals surface area contributed by atoms with Crippen molar-refractivity contribution in [3.63, 3.8) is 0 Å². The molecule has 2 aromatic carbocycles. The average molecular weight is 471 g/mol. The lowest BCUT2D eigenvalue weighted by molar-refractivity contribution is -0.117. The summed E-state index contributed by atoms with van der Waals surface area (Å²) in [7, 11) is 0. The molecule has 0 atom stereocenters. The van der Waals surface area contributed by atoms with E-state index in [-0.39, 0.29) is 17.6 Å². The molecule has 3 heterocycles. The second-order valence-corrected chi connectivity index (χ2v) is 8.66. The van der Waals surface area contributed by atoms with Gasteiger partial charge < -0.3 is 10.2 Å². The standard InChI is InChI=1S/C25H22N6O2S/c32-22(27-20-11-4-5-12-21(20)30-15-7-13-23(30)33)17-34-25-29-28-24(18-8-6-14-26-16-18)31(25)19-9-2-1-3-10-19/h1-6,8-12,14,16H,7,13,15,17H2,(H,27,32). The number of rotatable bonds is 7. The molecule has 0 spiro atoms. The summed E-state index contributed by atoms with van der Waals surface area (Å²) in [6, 6.07) is 20.9. The number of carbonyl (C=O) groups excluding carboxylic acids is 2. The zero-order valence-corrected chi connectivity index (χ0v) is 19.1. The number of hydrogen-bond donors (Lipinski definition) is 1. The van der Waals surface area contributed by atoms with Gasteiger partial charge in [-0.2, -0.15) is 0 Å². The quantitative estimate of drug-likeness (QED) is 0.407. The summed E-state index contributed by atoms with van der Waals surface area (Å²) in [6.07, 6.45) is 4.80. The van der Waals surface area contributed by atoms with Crippen molar-refractivity contribution in [1.29, 1.82) is 0 Å². The first-order valence-electron chi connectivity index (χ1n) is 10.9. The van der Waals surface area contributed by atoms with Crippen LogP contribution in [-0.4, -0.2) is 43.9 Å². The average Bonchev–Trinajstić information content (AvgIpc) is 3.50. The van der Waals surface area contributed by atoms with Crippen molar-refractivity contribution >= 4 is 35.0 Å². The van der Waals surface area contributed by atoms with Gasteiger partial charge in [0.15, 0.2) is 11.0 Å². The van der Waals surface area contributed by atoms with Crippen molar-refractivity contribution in [2.45, 2.75) is 18.0 Å². The van der Waals surface area contributed by atoms with E-state index in [0.717, 1.165) is 23.4 Å². The number of aromatic nitrogens is 4. The highest BCUT2D eigenvalue weighted by atomic mass is 32.2. The number of hydrogen-bond acceptors (Lipinski definition) is 6. The van der Waals surface area contributed by atoms with Crippen LogP contribution >= 0.6 is 11.8 Å². The van der Waals surface area contributed by atoms with E-state index in [2.05, 4.69) is 20.5 Å². The Labute approximate surface area is 201 Å². The Morgan fingerprint density at radius 1 is 1.00 bits per heavy atom. The molecule has 4 aromatic rings. The van der Waals surface area contributed by atoms with E-state index >= 15 is 0 Å². The molecule has 0 unspecified atom stereocenters. The van der Waals surface area contributed by atoms with Gasteiger partial charge in [0, 0.05) is 36.6 Å². The fourth-order valence-electron chi connectivity index (χ4n) is 3.89. The number of benzene rings is 2. The van der Waals surface area contributed by atoms with Gasteiger partial charge in [-0.25, -0.2) is 0 Å². The molecule has 0 aliphatic carbocycles. The summed E-state index contributed by atoms with van der Waals surface area (Å²) in [6.45, 7) is 0.664. The lowest BCUT2D eigenvalue weighted by Gasteiger charge is -2.19. The Morgan fingerprint density at radius 3 is 2.59 bits per heavy atom. The fraction of sp³-hybridized carbons (Fsp3) is 0.160. The van der Waals surface area contributed by atoms with Crippen LogP contribution in [0.2, 0.25) is 0 Å². The van der Waals surface area contributed by atoms with E-state index in [4.69, 9.17) is 0 Å². The Balaban J connectivity index is 1.36. The van der Waals surface area contributed by atoms with Gasteiger partial charge >= 0.3 is 0 Å². The van der Waals surface area contributed by atoms with Gasteiger partial charge in [0.25, 0.3) is 0 Å². The van der Waals surface area contributed by atoms with E-state index in [9.17, 15) is 9.59 Å². The Hall–Kier alpha value is -3.98. The van der Waals surface area contributed by atoms with Crippen LogP contribution in [0.4, 0.5) is 11.4 Å². The van der Waals surface area contributed by atoms with Crippen molar-refractivity contribution in [3.8, 4) is 17.1 Å². The maximum atomic E-state index is 12.9. The maximum absolute atomic E-state index is 12.9. The van der Waals surface area contributed by atoms with Gasteiger partial charge in [0.05, 0.1) is 17.1 Å². The van der Waals surface area contributed by atoms with E-state index in [0.29, 0.717) is 29.6 Å². The first kappa shape index (κ1) is 21.8. The molecule has 1 aliphatic heterocycles. The molecule has 2 aromatic heterocycles. The first-order valence-corrected chi connectivity index (χ1v) is 11.9. The number of anilines is 2. The number of thioether (sulfide) groups is 1. The smallest absolute Gasteiger partial charge is 0.234 e. The molecular weight excluding hydrogens is 448 g/mol. The van der Waals surface area contributed by atoms with Gasteiger partial charge in [-0.3, -0.25) is 19.1 Å². The number of nitrogens with one attached hydrogen (secondary N) is 1. The molecule has 1 aliphatic rings. The van der Waals surface area contributed by atoms with Crippen LogP contribution in [0.3, 0.4) is 0 Å². The SMILES string of the molecule is O=C(CSc1nnc(-c2cccnc2)n1-c1ccccc1)Nc1ccccc1N1CCCC1=O. The molecule has 9 heteroatoms. The lowest BCUT2D eigenvalue weighted by atomic mass is 10.2. The number of carbonyl (C=O) groups is 2. The van der Waals surface area contributed by atoms with Crippen molar-refractivity contribution in [2.24, 2.45) is 0 Å². The van der Waals surface area contributed by atoms with Crippen LogP contribution in [0.15, 0.2) is 84.3 Å². The molecule has 2 amide bonds. The van der Waals surface area contributed by atoms with Gasteiger partial charge in [-0.1, -0.05) is 42.1 Å². The largest absolute Gasteiger partial charge is 0.324 e. The summed E-state index contributed by atoms with van der Waals surface area (Å²) in [4.78, 5) is 31.0. The highest BCUT2D eigenvalue weighted by molar-refractivity contribution is 7.99. The summed E-state index contributed by atoms with van der Waals surface area (Å²) < 4.78 is 1.92. The van der Waals surface area contributed by atoms with Crippen LogP contribution in [0.5, 0.6) is 0 Å². The van der Waals surface area contributed by atoms with E-state index < -0.39 is 0 Å². The third-order valence-electron chi connectivity index (χ3n) is 5.44. The monoisotopic (exact) mass is 470 g/mol. The summed E-state index contributed by atoms with van der Waals surface area (Å²) in [5.74, 6) is 0.685. The highest BCUT2D eigenvalue weighted by Gasteiger charge is 2.24. The van der Waals surface area contributed by atoms with Crippen LogP contribution in [0.1, 0.15) is 12.8 Å². The van der Waals surface area contributed by atoms with E-state index in [1.807, 2.05) is 71.3 Å². The molecular formula is C25H22N6O2S. The molecule has 0 radical (unpaired) electrons. The predicted molar refractivity (Wildman–Crippen MR) is 132 cm³/mol. The minimum atomic E-state index is -0.186. The Morgan fingerprint density at radius 2 is 1.82 bits per heavy atom. The van der Waals surface area contributed by atoms with Crippen molar-refractivity contribution in [1.82, 2.24) is 19.7 Å². The summed E-state index contributed by atoms with van der Waals surface area (Å²) in [5, 5.41) is 12.3. The van der Waals surface area contributed by atoms with E-state index in [1.165, 1.54) is 11.8 Å². The van der Waals surface area contributed by atoms with Gasteiger partial charge in [-0.15, -0.1) is 10.2 Å². The van der Waals surface area contributed by atoms with Gasteiger partial charge in [-0.05, 0) is 42.8 Å². The van der Waals surface area contributed by atoms with Crippen molar-refractivity contribution < 1.29 is 9.59 Å². The van der Waals surface area contributed by atoms with Crippen molar-refractivity contribution in [2.75, 3.05) is 22.5 Å². The van der Waals surface area contributed by atoms with E-state index in [1.54, 1.807) is 17.3 Å². The minimum absolute atomic E-state index is 0.0787. The minimum Gasteiger partial charge on any atom is -0.324 e. The zero-order chi connectivity index (χ0) is 23.3. The number of para-hydroxylation sites is 3. The van der Waals surface area contributed by atoms with Crippen LogP contribution in [0.25, 0.3) is 17.1 Å². The Bertz CT molecular complexity index is 1310.